The van der Waals surface area contributed by atoms with Crippen molar-refractivity contribution in [1.82, 2.24) is 5.43 Å². The van der Waals surface area contributed by atoms with Crippen molar-refractivity contribution in [2.24, 2.45) is 11.8 Å². The third kappa shape index (κ3) is 2.37. The van der Waals surface area contributed by atoms with E-state index in [9.17, 15) is 0 Å². The Morgan fingerprint density at radius 2 is 1.65 bits per heavy atom. The summed E-state index contributed by atoms with van der Waals surface area (Å²) in [5.74, 6) is 7.11. The molecule has 3 N–H and O–H groups in total. The van der Waals surface area contributed by atoms with Crippen LogP contribution in [0.15, 0.2) is 48.5 Å². The van der Waals surface area contributed by atoms with Gasteiger partial charge in [-0.05, 0) is 54.4 Å². The first-order chi connectivity index (χ1) is 9.72. The van der Waals surface area contributed by atoms with E-state index in [1.807, 2.05) is 0 Å². The topological polar surface area (TPSA) is 38.0 Å². The van der Waals surface area contributed by atoms with Crippen LogP contribution in [-0.2, 0) is 0 Å². The van der Waals surface area contributed by atoms with Crippen LogP contribution < -0.4 is 11.3 Å². The van der Waals surface area contributed by atoms with Crippen molar-refractivity contribution in [2.45, 2.75) is 32.2 Å². The highest BCUT2D eigenvalue weighted by molar-refractivity contribution is 5.39. The molecule has 2 aromatic rings. The van der Waals surface area contributed by atoms with Crippen molar-refractivity contribution >= 4 is 0 Å². The molecule has 2 aromatic carbocycles. The number of hydrazine groups is 1. The number of nitrogens with two attached hydrogens (primary N) is 1. The van der Waals surface area contributed by atoms with Gasteiger partial charge in [-0.15, -0.1) is 0 Å². The molecule has 0 amide bonds. The Morgan fingerprint density at radius 3 is 2.25 bits per heavy atom. The second kappa shape index (κ2) is 5.39. The van der Waals surface area contributed by atoms with Gasteiger partial charge in [0.25, 0.3) is 0 Å². The smallest absolute Gasteiger partial charge is 0.0499 e. The van der Waals surface area contributed by atoms with Gasteiger partial charge < -0.3 is 0 Å². The van der Waals surface area contributed by atoms with Crippen molar-refractivity contribution in [3.05, 3.63) is 70.8 Å². The van der Waals surface area contributed by atoms with Crippen LogP contribution >= 0.6 is 0 Å². The van der Waals surface area contributed by atoms with Gasteiger partial charge in [-0.2, -0.15) is 0 Å². The molecule has 2 heteroatoms. The summed E-state index contributed by atoms with van der Waals surface area (Å²) in [6.07, 6.45) is 1.21. The molecule has 104 valence electrons. The molecule has 0 spiro atoms. The number of nitrogens with one attached hydrogen (secondary N) is 1. The Hall–Kier alpha value is -1.64. The first kappa shape index (κ1) is 13.3. The summed E-state index contributed by atoms with van der Waals surface area (Å²) in [7, 11) is 0. The lowest BCUT2D eigenvalue weighted by Crippen LogP contribution is -2.31. The van der Waals surface area contributed by atoms with Gasteiger partial charge in [-0.3, -0.25) is 11.3 Å². The SMILES string of the molecule is Cc1cccc(C)c1C(NN)C1CC1c1ccccc1. The Kier molecular flexibility index (Phi) is 3.60. The van der Waals surface area contributed by atoms with E-state index in [2.05, 4.69) is 67.8 Å². The van der Waals surface area contributed by atoms with Gasteiger partial charge >= 0.3 is 0 Å². The van der Waals surface area contributed by atoms with E-state index in [4.69, 9.17) is 5.84 Å². The highest BCUT2D eigenvalue weighted by atomic mass is 15.2. The highest BCUT2D eigenvalue weighted by Gasteiger charge is 2.44. The third-order valence-corrected chi connectivity index (χ3v) is 4.53. The standard InChI is InChI=1S/C18H22N2/c1-12-7-6-8-13(2)17(12)18(20-19)16-11-15(16)14-9-4-3-5-10-14/h3-10,15-16,18,20H,11,19H2,1-2H3. The number of rotatable bonds is 4. The molecule has 1 saturated carbocycles. The van der Waals surface area contributed by atoms with Gasteiger partial charge in [0, 0.05) is 6.04 Å². The number of hydrogen-bond donors (Lipinski definition) is 2. The maximum atomic E-state index is 5.87. The fourth-order valence-corrected chi connectivity index (χ4v) is 3.41. The lowest BCUT2D eigenvalue weighted by atomic mass is 9.92. The summed E-state index contributed by atoms with van der Waals surface area (Å²) >= 11 is 0. The molecule has 0 bridgehead atoms. The Bertz CT molecular complexity index is 571. The summed E-state index contributed by atoms with van der Waals surface area (Å²) in [5.41, 5.74) is 8.52. The van der Waals surface area contributed by atoms with Gasteiger partial charge in [-0.1, -0.05) is 48.5 Å². The summed E-state index contributed by atoms with van der Waals surface area (Å²) in [6, 6.07) is 17.5. The van der Waals surface area contributed by atoms with E-state index >= 15 is 0 Å². The molecule has 0 aliphatic heterocycles. The second-order valence-corrected chi connectivity index (χ2v) is 5.87. The maximum absolute atomic E-state index is 5.87. The zero-order chi connectivity index (χ0) is 14.1. The van der Waals surface area contributed by atoms with E-state index in [0.717, 1.165) is 0 Å². The molecule has 1 aliphatic carbocycles. The lowest BCUT2D eigenvalue weighted by molar-refractivity contribution is 0.483. The van der Waals surface area contributed by atoms with Crippen molar-refractivity contribution in [3.8, 4) is 0 Å². The zero-order valence-electron chi connectivity index (χ0n) is 12.1. The van der Waals surface area contributed by atoms with Gasteiger partial charge in [0.1, 0.15) is 0 Å². The summed E-state index contributed by atoms with van der Waals surface area (Å²) in [6.45, 7) is 4.35. The average molecular weight is 266 g/mol. The molecule has 1 fully saturated rings. The van der Waals surface area contributed by atoms with Crippen LogP contribution in [0.25, 0.3) is 0 Å². The van der Waals surface area contributed by atoms with E-state index in [0.29, 0.717) is 11.8 Å². The van der Waals surface area contributed by atoms with Crippen LogP contribution in [0.4, 0.5) is 0 Å². The summed E-state index contributed by atoms with van der Waals surface area (Å²) in [4.78, 5) is 0. The quantitative estimate of drug-likeness (QED) is 0.655. The van der Waals surface area contributed by atoms with E-state index in [1.54, 1.807) is 0 Å². The van der Waals surface area contributed by atoms with E-state index < -0.39 is 0 Å². The largest absolute Gasteiger partial charge is 0.271 e. The molecule has 0 radical (unpaired) electrons. The minimum absolute atomic E-state index is 0.251. The molecule has 0 heterocycles. The minimum Gasteiger partial charge on any atom is -0.271 e. The van der Waals surface area contributed by atoms with Crippen molar-refractivity contribution in [2.75, 3.05) is 0 Å². The highest BCUT2D eigenvalue weighted by Crippen LogP contribution is 2.54. The minimum atomic E-state index is 0.251. The first-order valence-corrected chi connectivity index (χ1v) is 7.29. The van der Waals surface area contributed by atoms with Crippen LogP contribution in [-0.4, -0.2) is 0 Å². The number of aryl methyl sites for hydroxylation is 2. The molecule has 1 aliphatic rings. The normalized spacial score (nSPS) is 22.6. The Balaban J connectivity index is 1.86. The Morgan fingerprint density at radius 1 is 1.00 bits per heavy atom. The molecule has 0 aromatic heterocycles. The van der Waals surface area contributed by atoms with Crippen molar-refractivity contribution < 1.29 is 0 Å². The fraction of sp³-hybridized carbons (Fsp3) is 0.333. The fourth-order valence-electron chi connectivity index (χ4n) is 3.41. The van der Waals surface area contributed by atoms with Crippen LogP contribution in [0.3, 0.4) is 0 Å². The van der Waals surface area contributed by atoms with Gasteiger partial charge in [0.05, 0.1) is 0 Å². The van der Waals surface area contributed by atoms with Crippen LogP contribution in [0.1, 0.15) is 40.6 Å². The predicted molar refractivity (Wildman–Crippen MR) is 83.3 cm³/mol. The molecule has 20 heavy (non-hydrogen) atoms. The molecular formula is C18H22N2. The predicted octanol–water partition coefficient (Wildman–Crippen LogP) is 3.61. The van der Waals surface area contributed by atoms with Gasteiger partial charge in [-0.25, -0.2) is 0 Å². The molecule has 3 atom stereocenters. The molecule has 0 saturated heterocycles. The van der Waals surface area contributed by atoms with Crippen molar-refractivity contribution in [3.63, 3.8) is 0 Å². The van der Waals surface area contributed by atoms with Crippen LogP contribution in [0.5, 0.6) is 0 Å². The van der Waals surface area contributed by atoms with Crippen LogP contribution in [0, 0.1) is 19.8 Å². The molecule has 3 unspecified atom stereocenters. The maximum Gasteiger partial charge on any atom is 0.0499 e. The summed E-state index contributed by atoms with van der Waals surface area (Å²) in [5, 5.41) is 0. The summed E-state index contributed by atoms with van der Waals surface area (Å²) < 4.78 is 0. The van der Waals surface area contributed by atoms with E-state index in [-0.39, 0.29) is 6.04 Å². The van der Waals surface area contributed by atoms with Gasteiger partial charge in [0.2, 0.25) is 0 Å². The lowest BCUT2D eigenvalue weighted by Gasteiger charge is -2.21. The Labute approximate surface area is 121 Å². The third-order valence-electron chi connectivity index (χ3n) is 4.53. The van der Waals surface area contributed by atoms with Crippen LogP contribution in [0.2, 0.25) is 0 Å². The zero-order valence-corrected chi connectivity index (χ0v) is 12.1. The number of benzene rings is 2. The van der Waals surface area contributed by atoms with Crippen molar-refractivity contribution in [1.29, 1.82) is 0 Å². The second-order valence-electron chi connectivity index (χ2n) is 5.87. The molecular weight excluding hydrogens is 244 g/mol. The monoisotopic (exact) mass is 266 g/mol. The first-order valence-electron chi connectivity index (χ1n) is 7.29. The van der Waals surface area contributed by atoms with E-state index in [1.165, 1.54) is 28.7 Å². The van der Waals surface area contributed by atoms with Gasteiger partial charge in [0.15, 0.2) is 0 Å². The molecule has 3 rings (SSSR count). The number of hydrogen-bond acceptors (Lipinski definition) is 2. The molecule has 2 nitrogen and oxygen atoms in total. The average Bonchev–Trinajstić information content (AvgIpc) is 3.24.